The Hall–Kier alpha value is -1.37. The van der Waals surface area contributed by atoms with Gasteiger partial charge in [-0.2, -0.15) is 0 Å². The lowest BCUT2D eigenvalue weighted by Crippen LogP contribution is -2.57. The van der Waals surface area contributed by atoms with E-state index in [1.807, 2.05) is 41.5 Å². The van der Waals surface area contributed by atoms with E-state index in [1.54, 1.807) is 0 Å². The Morgan fingerprint density at radius 3 is 1.09 bits per heavy atom. The molecule has 0 spiro atoms. The van der Waals surface area contributed by atoms with Crippen molar-refractivity contribution in [3.05, 3.63) is 47.5 Å². The first-order valence-corrected chi connectivity index (χ1v) is 15.6. The molecule has 3 rings (SSSR count). The first kappa shape index (κ1) is 26.2. The number of hydrogen-bond donors (Lipinski definition) is 0. The molecular formula is C25H38O6Si2. The highest BCUT2D eigenvalue weighted by Gasteiger charge is 2.45. The standard InChI is InChI=1S/C25H38O6Si2/c1-7-26-32(27-8-2,28-9-3)22-13-15-24-20(18-22)17-21-19-23(14-16-25(21)24)33(29-10-4,30-11-5)31-12-6/h13-16,18-19H,7-12,17H2,1-6H3. The molecule has 0 heterocycles. The minimum absolute atomic E-state index is 0.548. The Labute approximate surface area is 200 Å². The summed E-state index contributed by atoms with van der Waals surface area (Å²) in [6, 6.07) is 13.0. The van der Waals surface area contributed by atoms with E-state index in [0.717, 1.165) is 16.8 Å². The second kappa shape index (κ2) is 11.9. The second-order valence-electron chi connectivity index (χ2n) is 7.63. The zero-order valence-corrected chi connectivity index (χ0v) is 22.9. The normalized spacial score (nSPS) is 13.3. The highest BCUT2D eigenvalue weighted by molar-refractivity contribution is 6.76. The van der Waals surface area contributed by atoms with Gasteiger partial charge in [0.2, 0.25) is 0 Å². The van der Waals surface area contributed by atoms with Crippen LogP contribution in [0.25, 0.3) is 11.1 Å². The van der Waals surface area contributed by atoms with Crippen LogP contribution in [-0.2, 0) is 33.0 Å². The van der Waals surface area contributed by atoms with Crippen molar-refractivity contribution in [3.63, 3.8) is 0 Å². The lowest BCUT2D eigenvalue weighted by Gasteiger charge is -2.29. The highest BCUT2D eigenvalue weighted by Crippen LogP contribution is 2.36. The molecule has 0 saturated carbocycles. The van der Waals surface area contributed by atoms with Gasteiger partial charge in [0, 0.05) is 50.0 Å². The van der Waals surface area contributed by atoms with Crippen molar-refractivity contribution in [1.82, 2.24) is 0 Å². The van der Waals surface area contributed by atoms with Gasteiger partial charge >= 0.3 is 17.6 Å². The minimum atomic E-state index is -2.94. The molecule has 0 fully saturated rings. The SMILES string of the molecule is CCO[Si](OCC)(OCC)c1ccc2c(c1)Cc1cc([Si](OCC)(OCC)OCC)ccc1-2. The van der Waals surface area contributed by atoms with Crippen LogP contribution in [0.5, 0.6) is 0 Å². The van der Waals surface area contributed by atoms with E-state index < -0.39 is 17.6 Å². The van der Waals surface area contributed by atoms with Gasteiger partial charge in [0.25, 0.3) is 0 Å². The lowest BCUT2D eigenvalue weighted by molar-refractivity contribution is 0.0851. The number of hydrogen-bond acceptors (Lipinski definition) is 6. The van der Waals surface area contributed by atoms with Crippen LogP contribution in [0.2, 0.25) is 0 Å². The van der Waals surface area contributed by atoms with Gasteiger partial charge in [-0.1, -0.05) is 36.4 Å². The Morgan fingerprint density at radius 2 is 0.818 bits per heavy atom. The molecule has 8 heteroatoms. The fourth-order valence-electron chi connectivity index (χ4n) is 4.48. The van der Waals surface area contributed by atoms with Crippen molar-refractivity contribution in [2.24, 2.45) is 0 Å². The van der Waals surface area contributed by atoms with Crippen molar-refractivity contribution in [1.29, 1.82) is 0 Å². The zero-order valence-electron chi connectivity index (χ0n) is 20.9. The van der Waals surface area contributed by atoms with Gasteiger partial charge in [0.15, 0.2) is 0 Å². The molecule has 0 amide bonds. The summed E-state index contributed by atoms with van der Waals surface area (Å²) in [5, 5.41) is 2.03. The van der Waals surface area contributed by atoms with Crippen LogP contribution < -0.4 is 10.4 Å². The Balaban J connectivity index is 1.99. The first-order chi connectivity index (χ1) is 16.0. The van der Waals surface area contributed by atoms with Gasteiger partial charge in [0.05, 0.1) is 0 Å². The van der Waals surface area contributed by atoms with Crippen molar-refractivity contribution in [3.8, 4) is 11.1 Å². The van der Waals surface area contributed by atoms with Crippen LogP contribution in [0.4, 0.5) is 0 Å². The molecule has 0 aromatic heterocycles. The topological polar surface area (TPSA) is 55.4 Å². The van der Waals surface area contributed by atoms with Crippen LogP contribution in [0.15, 0.2) is 36.4 Å². The third kappa shape index (κ3) is 5.33. The Bertz CT molecular complexity index is 812. The van der Waals surface area contributed by atoms with Gasteiger partial charge in [-0.25, -0.2) is 0 Å². The largest absolute Gasteiger partial charge is 0.537 e. The molecule has 2 aromatic carbocycles. The van der Waals surface area contributed by atoms with E-state index in [4.69, 9.17) is 26.6 Å². The fraction of sp³-hybridized carbons (Fsp3) is 0.520. The van der Waals surface area contributed by atoms with Gasteiger partial charge in [-0.3, -0.25) is 0 Å². The van der Waals surface area contributed by atoms with Crippen molar-refractivity contribution in [2.45, 2.75) is 48.0 Å². The molecule has 0 aliphatic heterocycles. The zero-order chi connectivity index (χ0) is 23.9. The number of rotatable bonds is 14. The molecule has 0 atom stereocenters. The maximum absolute atomic E-state index is 6.13. The van der Waals surface area contributed by atoms with Gasteiger partial charge in [-0.15, -0.1) is 0 Å². The van der Waals surface area contributed by atoms with E-state index in [2.05, 4.69) is 36.4 Å². The van der Waals surface area contributed by atoms with Crippen LogP contribution >= 0.6 is 0 Å². The van der Waals surface area contributed by atoms with Crippen molar-refractivity contribution < 1.29 is 26.6 Å². The maximum Gasteiger partial charge on any atom is 0.537 e. The van der Waals surface area contributed by atoms with E-state index in [1.165, 1.54) is 22.3 Å². The summed E-state index contributed by atoms with van der Waals surface area (Å²) >= 11 is 0. The quantitative estimate of drug-likeness (QED) is 0.321. The predicted octanol–water partition coefficient (Wildman–Crippen LogP) is 3.77. The molecule has 0 N–H and O–H groups in total. The van der Waals surface area contributed by atoms with Crippen LogP contribution in [0.3, 0.4) is 0 Å². The molecule has 0 saturated heterocycles. The molecule has 0 unspecified atom stereocenters. The molecule has 0 radical (unpaired) electrons. The summed E-state index contributed by atoms with van der Waals surface area (Å²) in [4.78, 5) is 0. The Morgan fingerprint density at radius 1 is 0.515 bits per heavy atom. The van der Waals surface area contributed by atoms with Crippen molar-refractivity contribution in [2.75, 3.05) is 39.6 Å². The van der Waals surface area contributed by atoms with Gasteiger partial charge in [-0.05, 0) is 70.2 Å². The molecule has 2 aromatic rings. The summed E-state index contributed by atoms with van der Waals surface area (Å²) in [5.74, 6) is 0. The predicted molar refractivity (Wildman–Crippen MR) is 135 cm³/mol. The van der Waals surface area contributed by atoms with E-state index in [9.17, 15) is 0 Å². The molecule has 0 bridgehead atoms. The molecule has 6 nitrogen and oxygen atoms in total. The van der Waals surface area contributed by atoms with Crippen LogP contribution in [0, 0.1) is 0 Å². The van der Waals surface area contributed by atoms with Gasteiger partial charge < -0.3 is 26.6 Å². The van der Waals surface area contributed by atoms with E-state index in [0.29, 0.717) is 39.6 Å². The third-order valence-corrected chi connectivity index (χ3v) is 11.6. The second-order valence-corrected chi connectivity index (χ2v) is 12.7. The summed E-state index contributed by atoms with van der Waals surface area (Å²) in [7, 11) is -5.89. The van der Waals surface area contributed by atoms with Crippen LogP contribution in [0.1, 0.15) is 52.7 Å². The molecule has 33 heavy (non-hydrogen) atoms. The third-order valence-electron chi connectivity index (χ3n) is 5.59. The summed E-state index contributed by atoms with van der Waals surface area (Å²) in [6.07, 6.45) is 0.829. The first-order valence-electron chi connectivity index (χ1n) is 12.1. The monoisotopic (exact) mass is 490 g/mol. The smallest absolute Gasteiger partial charge is 0.370 e. The average Bonchev–Trinajstić information content (AvgIpc) is 3.17. The minimum Gasteiger partial charge on any atom is -0.370 e. The molecule has 182 valence electrons. The van der Waals surface area contributed by atoms with Crippen molar-refractivity contribution >= 4 is 28.0 Å². The Kier molecular flexibility index (Phi) is 9.43. The average molecular weight is 491 g/mol. The maximum atomic E-state index is 6.13. The fourth-order valence-corrected chi connectivity index (χ4v) is 9.54. The molecule has 1 aliphatic rings. The number of fused-ring (bicyclic) bond motifs is 3. The summed E-state index contributed by atoms with van der Waals surface area (Å²) < 4.78 is 36.8. The van der Waals surface area contributed by atoms with Gasteiger partial charge in [0.1, 0.15) is 0 Å². The number of benzene rings is 2. The van der Waals surface area contributed by atoms with Crippen LogP contribution in [-0.4, -0.2) is 57.3 Å². The lowest BCUT2D eigenvalue weighted by atomic mass is 10.1. The molecular weight excluding hydrogens is 452 g/mol. The highest BCUT2D eigenvalue weighted by atomic mass is 28.4. The molecule has 1 aliphatic carbocycles. The summed E-state index contributed by atoms with van der Waals surface area (Å²) in [6.45, 7) is 15.2. The summed E-state index contributed by atoms with van der Waals surface area (Å²) in [5.41, 5.74) is 4.99. The van der Waals surface area contributed by atoms with E-state index in [-0.39, 0.29) is 0 Å². The van der Waals surface area contributed by atoms with E-state index >= 15 is 0 Å².